The van der Waals surface area contributed by atoms with Gasteiger partial charge in [0.05, 0.1) is 10.7 Å². The van der Waals surface area contributed by atoms with E-state index in [9.17, 15) is 4.79 Å². The summed E-state index contributed by atoms with van der Waals surface area (Å²) in [4.78, 5) is 23.0. The maximum absolute atomic E-state index is 13.1. The number of nitrogens with one attached hydrogen (secondary N) is 1. The zero-order valence-corrected chi connectivity index (χ0v) is 22.6. The van der Waals surface area contributed by atoms with Gasteiger partial charge in [-0.25, -0.2) is 4.98 Å². The van der Waals surface area contributed by atoms with E-state index in [-0.39, 0.29) is 5.91 Å². The van der Waals surface area contributed by atoms with Gasteiger partial charge < -0.3 is 15.1 Å². The summed E-state index contributed by atoms with van der Waals surface area (Å²) in [6, 6.07) is 12.4. The number of aryl methyl sites for hydroxylation is 1. The lowest BCUT2D eigenvalue weighted by Gasteiger charge is -2.28. The number of hydrogen-bond donors (Lipinski definition) is 1. The molecule has 6 nitrogen and oxygen atoms in total. The molecule has 2 aliphatic heterocycles. The van der Waals surface area contributed by atoms with E-state index in [2.05, 4.69) is 44.4 Å². The standard InChI is InChI=1S/C30H38ClN5O/c1-2-27-29(36-20-25(31)10-13-28(36)33-27)30(37)32-14-21-8-11-26(12-9-21)35-18-23-16-34(17-24(23)19-35)15-22-6-4-3-5-7-22/h8-13,20,22-24H,2-7,14-19H2,1H3,(H,32,37). The van der Waals surface area contributed by atoms with Crippen molar-refractivity contribution >= 4 is 28.8 Å². The molecule has 0 radical (unpaired) electrons. The van der Waals surface area contributed by atoms with Gasteiger partial charge in [-0.3, -0.25) is 9.20 Å². The van der Waals surface area contributed by atoms with E-state index < -0.39 is 0 Å². The summed E-state index contributed by atoms with van der Waals surface area (Å²) in [5, 5.41) is 3.67. The largest absolute Gasteiger partial charge is 0.371 e. The number of fused-ring (bicyclic) bond motifs is 2. The molecule has 1 N–H and O–H groups in total. The molecule has 1 amide bonds. The van der Waals surface area contributed by atoms with Crippen LogP contribution in [0.2, 0.25) is 5.02 Å². The molecule has 2 aromatic heterocycles. The van der Waals surface area contributed by atoms with E-state index in [4.69, 9.17) is 11.6 Å². The van der Waals surface area contributed by atoms with Gasteiger partial charge in [-0.05, 0) is 66.8 Å². The molecular formula is C30H38ClN5O. The number of rotatable bonds is 7. The molecule has 196 valence electrons. The zero-order chi connectivity index (χ0) is 25.4. The van der Waals surface area contributed by atoms with Crippen LogP contribution in [-0.4, -0.2) is 52.9 Å². The van der Waals surface area contributed by atoms with Crippen molar-refractivity contribution in [3.63, 3.8) is 0 Å². The van der Waals surface area contributed by atoms with Crippen LogP contribution in [0.3, 0.4) is 0 Å². The molecule has 37 heavy (non-hydrogen) atoms. The minimum Gasteiger partial charge on any atom is -0.371 e. The molecule has 6 rings (SSSR count). The number of carbonyl (C=O) groups is 1. The summed E-state index contributed by atoms with van der Waals surface area (Å²) in [5.74, 6) is 2.42. The molecule has 0 spiro atoms. The first kappa shape index (κ1) is 24.7. The second-order valence-corrected chi connectivity index (χ2v) is 11.8. The predicted octanol–water partition coefficient (Wildman–Crippen LogP) is 5.43. The van der Waals surface area contributed by atoms with E-state index >= 15 is 0 Å². The summed E-state index contributed by atoms with van der Waals surface area (Å²) in [7, 11) is 0. The summed E-state index contributed by atoms with van der Waals surface area (Å²) in [5.41, 5.74) is 4.49. The Morgan fingerprint density at radius 2 is 1.73 bits per heavy atom. The van der Waals surface area contributed by atoms with E-state index in [0.717, 1.165) is 34.7 Å². The molecule has 1 aliphatic carbocycles. The monoisotopic (exact) mass is 519 g/mol. The third kappa shape index (κ3) is 5.23. The fourth-order valence-corrected chi connectivity index (χ4v) is 6.99. The number of anilines is 1. The lowest BCUT2D eigenvalue weighted by Crippen LogP contribution is -2.32. The summed E-state index contributed by atoms with van der Waals surface area (Å²) >= 11 is 6.18. The maximum atomic E-state index is 13.1. The van der Waals surface area contributed by atoms with Crippen molar-refractivity contribution in [2.24, 2.45) is 17.8 Å². The molecule has 3 aromatic rings. The molecular weight excluding hydrogens is 482 g/mol. The van der Waals surface area contributed by atoms with Gasteiger partial charge in [-0.2, -0.15) is 0 Å². The van der Waals surface area contributed by atoms with Crippen LogP contribution in [0.5, 0.6) is 0 Å². The van der Waals surface area contributed by atoms with E-state index in [1.165, 1.54) is 70.5 Å². The summed E-state index contributed by atoms with van der Waals surface area (Å²) in [6.07, 6.45) is 9.65. The number of nitrogens with zero attached hydrogens (tertiary/aromatic N) is 4. The van der Waals surface area contributed by atoms with E-state index in [0.29, 0.717) is 23.7 Å². The molecule has 3 fully saturated rings. The number of aromatic nitrogens is 2. The molecule has 1 aromatic carbocycles. The molecule has 2 unspecified atom stereocenters. The third-order valence-corrected chi connectivity index (χ3v) is 8.99. The Morgan fingerprint density at radius 1 is 1.00 bits per heavy atom. The van der Waals surface area contributed by atoms with Crippen LogP contribution in [-0.2, 0) is 13.0 Å². The zero-order valence-electron chi connectivity index (χ0n) is 21.8. The Balaban J connectivity index is 1.03. The second kappa shape index (κ2) is 10.7. The lowest BCUT2D eigenvalue weighted by molar-refractivity contribution is 0.0944. The van der Waals surface area contributed by atoms with Crippen LogP contribution in [0.4, 0.5) is 5.69 Å². The second-order valence-electron chi connectivity index (χ2n) is 11.3. The van der Waals surface area contributed by atoms with Gasteiger partial charge in [0, 0.05) is 51.2 Å². The Hall–Kier alpha value is -2.57. The number of pyridine rings is 1. The SMILES string of the molecule is CCc1nc2ccc(Cl)cn2c1C(=O)NCc1ccc(N2CC3CN(CC4CCCCC4)CC3C2)cc1. The lowest BCUT2D eigenvalue weighted by atomic mass is 9.89. The van der Waals surface area contributed by atoms with Crippen LogP contribution in [0, 0.1) is 17.8 Å². The number of likely N-dealkylation sites (tertiary alicyclic amines) is 1. The Kier molecular flexibility index (Phi) is 7.13. The topological polar surface area (TPSA) is 52.9 Å². The first-order chi connectivity index (χ1) is 18.1. The highest BCUT2D eigenvalue weighted by atomic mass is 35.5. The van der Waals surface area contributed by atoms with Crippen LogP contribution in [0.1, 0.15) is 60.8 Å². The van der Waals surface area contributed by atoms with Crippen LogP contribution in [0.25, 0.3) is 5.65 Å². The minimum absolute atomic E-state index is 0.124. The van der Waals surface area contributed by atoms with Crippen molar-refractivity contribution in [1.82, 2.24) is 19.6 Å². The Morgan fingerprint density at radius 3 is 2.43 bits per heavy atom. The number of amides is 1. The normalized spacial score (nSPS) is 22.6. The van der Waals surface area contributed by atoms with E-state index in [1.807, 2.05) is 13.0 Å². The van der Waals surface area contributed by atoms with Gasteiger partial charge in [0.1, 0.15) is 11.3 Å². The summed E-state index contributed by atoms with van der Waals surface area (Å²) in [6.45, 7) is 8.70. The van der Waals surface area contributed by atoms with Gasteiger partial charge >= 0.3 is 0 Å². The molecule has 2 saturated heterocycles. The number of benzene rings is 1. The number of hydrogen-bond acceptors (Lipinski definition) is 4. The molecule has 2 atom stereocenters. The molecule has 0 bridgehead atoms. The quantitative estimate of drug-likeness (QED) is 0.452. The first-order valence-corrected chi connectivity index (χ1v) is 14.5. The van der Waals surface area contributed by atoms with Crippen LogP contribution < -0.4 is 10.2 Å². The highest BCUT2D eigenvalue weighted by Crippen LogP contribution is 2.35. The highest BCUT2D eigenvalue weighted by molar-refractivity contribution is 6.30. The van der Waals surface area contributed by atoms with Crippen LogP contribution in [0.15, 0.2) is 42.6 Å². The Labute approximate surface area is 225 Å². The van der Waals surface area contributed by atoms with Crippen molar-refractivity contribution in [1.29, 1.82) is 0 Å². The van der Waals surface area contributed by atoms with Crippen molar-refractivity contribution in [3.05, 3.63) is 64.6 Å². The van der Waals surface area contributed by atoms with Crippen molar-refractivity contribution in [2.45, 2.75) is 52.0 Å². The fourth-order valence-electron chi connectivity index (χ4n) is 6.83. The van der Waals surface area contributed by atoms with Crippen molar-refractivity contribution in [2.75, 3.05) is 37.6 Å². The average molecular weight is 520 g/mol. The third-order valence-electron chi connectivity index (χ3n) is 8.76. The van der Waals surface area contributed by atoms with Crippen molar-refractivity contribution in [3.8, 4) is 0 Å². The molecule has 4 heterocycles. The number of halogens is 1. The molecule has 7 heteroatoms. The van der Waals surface area contributed by atoms with Gasteiger partial charge in [0.15, 0.2) is 0 Å². The minimum atomic E-state index is -0.124. The van der Waals surface area contributed by atoms with Gasteiger partial charge in [0.25, 0.3) is 5.91 Å². The maximum Gasteiger partial charge on any atom is 0.270 e. The number of imidazole rings is 1. The average Bonchev–Trinajstić information content (AvgIpc) is 3.59. The van der Waals surface area contributed by atoms with Crippen LogP contribution >= 0.6 is 11.6 Å². The van der Waals surface area contributed by atoms with Gasteiger partial charge in [-0.1, -0.05) is 49.9 Å². The predicted molar refractivity (Wildman–Crippen MR) is 149 cm³/mol. The van der Waals surface area contributed by atoms with E-state index in [1.54, 1.807) is 16.7 Å². The van der Waals surface area contributed by atoms with Gasteiger partial charge in [0.2, 0.25) is 0 Å². The fraction of sp³-hybridized carbons (Fsp3) is 0.533. The highest BCUT2D eigenvalue weighted by Gasteiger charge is 2.40. The number of carbonyl (C=O) groups excluding carboxylic acids is 1. The first-order valence-electron chi connectivity index (χ1n) is 14.1. The van der Waals surface area contributed by atoms with Crippen molar-refractivity contribution < 1.29 is 4.79 Å². The summed E-state index contributed by atoms with van der Waals surface area (Å²) < 4.78 is 1.79. The molecule has 3 aliphatic rings. The van der Waals surface area contributed by atoms with Gasteiger partial charge in [-0.15, -0.1) is 0 Å². The molecule has 1 saturated carbocycles. The smallest absolute Gasteiger partial charge is 0.270 e. The Bertz CT molecular complexity index is 1230.